The molecule has 5 N–H and O–H groups in total. The minimum Gasteiger partial charge on any atom is -0.408 e. The molecule has 92 valence electrons. The molecular weight excluding hydrogens is 224 g/mol. The Bertz CT molecular complexity index is 560. The third kappa shape index (κ3) is 2.38. The number of nitrogens with one attached hydrogen (secondary N) is 1. The summed E-state index contributed by atoms with van der Waals surface area (Å²) in [5.41, 5.74) is 6.70. The number of hydrogen-bond acceptors (Lipinski definition) is 5. The lowest BCUT2D eigenvalue weighted by Crippen LogP contribution is -2.21. The van der Waals surface area contributed by atoms with E-state index in [1.807, 2.05) is 0 Å². The summed E-state index contributed by atoms with van der Waals surface area (Å²) in [6.07, 6.45) is -1.66. The van der Waals surface area contributed by atoms with E-state index in [-0.39, 0.29) is 0 Å². The highest BCUT2D eigenvalue weighted by Gasteiger charge is 2.18. The third-order valence-electron chi connectivity index (χ3n) is 2.61. The molecular formula is C11H14N2O4. The molecule has 0 aliphatic carbocycles. The second-order valence-electron chi connectivity index (χ2n) is 3.86. The molecule has 2 unspecified atom stereocenters. The van der Waals surface area contributed by atoms with Crippen molar-refractivity contribution in [1.29, 1.82) is 0 Å². The van der Waals surface area contributed by atoms with Crippen LogP contribution in [0.15, 0.2) is 27.4 Å². The van der Waals surface area contributed by atoms with E-state index in [9.17, 15) is 15.0 Å². The number of rotatable bonds is 4. The van der Waals surface area contributed by atoms with Gasteiger partial charge in [0.05, 0.1) is 11.6 Å². The number of oxazole rings is 1. The van der Waals surface area contributed by atoms with E-state index in [0.717, 1.165) is 0 Å². The average molecular weight is 238 g/mol. The van der Waals surface area contributed by atoms with Gasteiger partial charge >= 0.3 is 5.76 Å². The van der Waals surface area contributed by atoms with Gasteiger partial charge in [-0.25, -0.2) is 4.79 Å². The fourth-order valence-corrected chi connectivity index (χ4v) is 1.70. The van der Waals surface area contributed by atoms with Gasteiger partial charge in [0.1, 0.15) is 6.10 Å². The molecule has 0 aliphatic rings. The molecule has 1 aromatic heterocycles. The molecule has 2 rings (SSSR count). The topological polar surface area (TPSA) is 112 Å². The van der Waals surface area contributed by atoms with Crippen molar-refractivity contribution in [3.8, 4) is 0 Å². The number of benzene rings is 1. The molecule has 0 amide bonds. The fourth-order valence-electron chi connectivity index (χ4n) is 1.70. The van der Waals surface area contributed by atoms with Crippen molar-refractivity contribution in [3.05, 3.63) is 34.3 Å². The van der Waals surface area contributed by atoms with Gasteiger partial charge in [-0.1, -0.05) is 6.07 Å². The molecule has 0 spiro atoms. The van der Waals surface area contributed by atoms with E-state index < -0.39 is 18.0 Å². The standard InChI is InChI=1S/C11H14N2O4/c12-4-3-8(14)10(15)6-1-2-7-9(5-6)17-11(16)13-7/h1-2,5,8,10,14-15H,3-4,12H2,(H,13,16). The molecule has 2 aromatic rings. The summed E-state index contributed by atoms with van der Waals surface area (Å²) in [7, 11) is 0. The van der Waals surface area contributed by atoms with Crippen molar-refractivity contribution < 1.29 is 14.6 Å². The number of aliphatic hydroxyl groups excluding tert-OH is 2. The van der Waals surface area contributed by atoms with Gasteiger partial charge in [-0.2, -0.15) is 0 Å². The van der Waals surface area contributed by atoms with Gasteiger partial charge in [-0.3, -0.25) is 4.98 Å². The Hall–Kier alpha value is -1.63. The minimum atomic E-state index is -1.04. The zero-order valence-electron chi connectivity index (χ0n) is 9.09. The summed E-state index contributed by atoms with van der Waals surface area (Å²) in [6, 6.07) is 4.77. The van der Waals surface area contributed by atoms with Crippen molar-refractivity contribution in [3.63, 3.8) is 0 Å². The SMILES string of the molecule is NCCC(O)C(O)c1ccc2[nH]c(=O)oc2c1. The highest BCUT2D eigenvalue weighted by atomic mass is 16.4. The van der Waals surface area contributed by atoms with Crippen molar-refractivity contribution in [2.45, 2.75) is 18.6 Å². The number of aromatic nitrogens is 1. The first-order valence-corrected chi connectivity index (χ1v) is 5.31. The molecule has 1 aromatic carbocycles. The van der Waals surface area contributed by atoms with Crippen LogP contribution in [0.1, 0.15) is 18.1 Å². The van der Waals surface area contributed by atoms with E-state index in [1.54, 1.807) is 12.1 Å². The second kappa shape index (κ2) is 4.70. The molecule has 17 heavy (non-hydrogen) atoms. The molecule has 6 heteroatoms. The summed E-state index contributed by atoms with van der Waals surface area (Å²) in [4.78, 5) is 13.4. The molecule has 2 atom stereocenters. The Kier molecular flexibility index (Phi) is 3.28. The first-order valence-electron chi connectivity index (χ1n) is 5.31. The Morgan fingerprint density at radius 3 is 2.88 bits per heavy atom. The maximum absolute atomic E-state index is 11.0. The van der Waals surface area contributed by atoms with Crippen molar-refractivity contribution in [1.82, 2.24) is 4.98 Å². The lowest BCUT2D eigenvalue weighted by Gasteiger charge is -2.17. The van der Waals surface area contributed by atoms with Crippen LogP contribution < -0.4 is 11.5 Å². The van der Waals surface area contributed by atoms with E-state index in [4.69, 9.17) is 10.2 Å². The van der Waals surface area contributed by atoms with Crippen molar-refractivity contribution in [2.24, 2.45) is 5.73 Å². The summed E-state index contributed by atoms with van der Waals surface area (Å²) in [5, 5.41) is 19.5. The average Bonchev–Trinajstić information content (AvgIpc) is 2.67. The smallest absolute Gasteiger partial charge is 0.408 e. The van der Waals surface area contributed by atoms with E-state index >= 15 is 0 Å². The predicted octanol–water partition coefficient (Wildman–Crippen LogP) is -0.136. The molecule has 0 aliphatic heterocycles. The maximum atomic E-state index is 11.0. The highest BCUT2D eigenvalue weighted by Crippen LogP contribution is 2.22. The van der Waals surface area contributed by atoms with Crippen LogP contribution in [0.3, 0.4) is 0 Å². The predicted molar refractivity (Wildman–Crippen MR) is 61.5 cm³/mol. The number of fused-ring (bicyclic) bond motifs is 1. The largest absolute Gasteiger partial charge is 0.417 e. The van der Waals surface area contributed by atoms with Gasteiger partial charge in [-0.05, 0) is 30.7 Å². The Morgan fingerprint density at radius 2 is 2.18 bits per heavy atom. The number of aliphatic hydroxyl groups is 2. The number of H-pyrrole nitrogens is 1. The van der Waals surface area contributed by atoms with E-state index in [1.165, 1.54) is 6.07 Å². The third-order valence-corrected chi connectivity index (χ3v) is 2.61. The van der Waals surface area contributed by atoms with Crippen LogP contribution in [0.25, 0.3) is 11.1 Å². The maximum Gasteiger partial charge on any atom is 0.417 e. The Balaban J connectivity index is 2.32. The quantitative estimate of drug-likeness (QED) is 0.592. The highest BCUT2D eigenvalue weighted by molar-refractivity contribution is 5.72. The summed E-state index contributed by atoms with van der Waals surface area (Å²) in [6.45, 7) is 0.291. The van der Waals surface area contributed by atoms with Crippen LogP contribution in [-0.4, -0.2) is 27.8 Å². The second-order valence-corrected chi connectivity index (χ2v) is 3.86. The van der Waals surface area contributed by atoms with Crippen LogP contribution in [0, 0.1) is 0 Å². The lowest BCUT2D eigenvalue weighted by molar-refractivity contribution is 0.0150. The van der Waals surface area contributed by atoms with Gasteiger partial charge in [-0.15, -0.1) is 0 Å². The van der Waals surface area contributed by atoms with Gasteiger partial charge in [0, 0.05) is 0 Å². The van der Waals surface area contributed by atoms with Crippen LogP contribution in [0.4, 0.5) is 0 Å². The Labute approximate surface area is 96.7 Å². The zero-order chi connectivity index (χ0) is 12.4. The zero-order valence-corrected chi connectivity index (χ0v) is 9.09. The monoisotopic (exact) mass is 238 g/mol. The van der Waals surface area contributed by atoms with E-state index in [2.05, 4.69) is 4.98 Å². The lowest BCUT2D eigenvalue weighted by atomic mass is 10.0. The molecule has 0 fully saturated rings. The molecule has 0 bridgehead atoms. The minimum absolute atomic E-state index is 0.291. The normalized spacial score (nSPS) is 15.0. The van der Waals surface area contributed by atoms with E-state index in [0.29, 0.717) is 29.6 Å². The molecule has 0 saturated carbocycles. The van der Waals surface area contributed by atoms with Crippen LogP contribution >= 0.6 is 0 Å². The summed E-state index contributed by atoms with van der Waals surface area (Å²) in [5.74, 6) is -0.547. The first kappa shape index (κ1) is 11.8. The first-order chi connectivity index (χ1) is 8.11. The van der Waals surface area contributed by atoms with Crippen LogP contribution in [-0.2, 0) is 0 Å². The van der Waals surface area contributed by atoms with Gasteiger partial charge in [0.25, 0.3) is 0 Å². The molecule has 0 radical (unpaired) electrons. The van der Waals surface area contributed by atoms with Crippen molar-refractivity contribution >= 4 is 11.1 Å². The molecule has 1 heterocycles. The molecule has 6 nitrogen and oxygen atoms in total. The Morgan fingerprint density at radius 1 is 1.41 bits per heavy atom. The van der Waals surface area contributed by atoms with Crippen LogP contribution in [0.5, 0.6) is 0 Å². The fraction of sp³-hybridized carbons (Fsp3) is 0.364. The summed E-state index contributed by atoms with van der Waals surface area (Å²) < 4.78 is 4.87. The number of hydrogen-bond donors (Lipinski definition) is 4. The molecule has 0 saturated heterocycles. The summed E-state index contributed by atoms with van der Waals surface area (Å²) >= 11 is 0. The number of aromatic amines is 1. The van der Waals surface area contributed by atoms with Gasteiger partial charge in [0.15, 0.2) is 5.58 Å². The van der Waals surface area contributed by atoms with Gasteiger partial charge in [0.2, 0.25) is 0 Å². The number of nitrogens with two attached hydrogens (primary N) is 1. The van der Waals surface area contributed by atoms with Crippen molar-refractivity contribution in [2.75, 3.05) is 6.54 Å². The van der Waals surface area contributed by atoms with Gasteiger partial charge < -0.3 is 20.4 Å². The van der Waals surface area contributed by atoms with Crippen LogP contribution in [0.2, 0.25) is 0 Å².